The Hall–Kier alpha value is -1.88. The van der Waals surface area contributed by atoms with Gasteiger partial charge in [0.15, 0.2) is 5.82 Å². The van der Waals surface area contributed by atoms with Crippen LogP contribution in [0.4, 0.5) is 15.8 Å². The number of benzene rings is 1. The molecule has 0 fully saturated rings. The van der Waals surface area contributed by atoms with Crippen molar-refractivity contribution in [2.24, 2.45) is 0 Å². The number of hydrogen-bond donors (Lipinski definition) is 2. The fourth-order valence-corrected chi connectivity index (χ4v) is 2.01. The maximum absolute atomic E-state index is 14.0. The molecular formula is C13H16FN3O. The summed E-state index contributed by atoms with van der Waals surface area (Å²) in [5.41, 5.74) is 7.15. The zero-order valence-corrected chi connectivity index (χ0v) is 10.2. The average Bonchev–Trinajstić information content (AvgIpc) is 2.36. The van der Waals surface area contributed by atoms with Crippen molar-refractivity contribution in [3.8, 4) is 0 Å². The lowest BCUT2D eigenvalue weighted by molar-refractivity contribution is 0.290. The summed E-state index contributed by atoms with van der Waals surface area (Å²) in [6, 6.07) is 4.91. The molecule has 1 aromatic carbocycles. The molecule has 5 heteroatoms. The van der Waals surface area contributed by atoms with Gasteiger partial charge in [0.25, 0.3) is 0 Å². The number of halogens is 1. The van der Waals surface area contributed by atoms with E-state index in [0.29, 0.717) is 29.9 Å². The highest BCUT2D eigenvalue weighted by Gasteiger charge is 2.15. The van der Waals surface area contributed by atoms with Crippen molar-refractivity contribution in [1.29, 1.82) is 0 Å². The first-order valence-electron chi connectivity index (χ1n) is 5.80. The van der Waals surface area contributed by atoms with Crippen molar-refractivity contribution < 1.29 is 9.50 Å². The number of hydrogen-bond acceptors (Lipinski definition) is 4. The van der Waals surface area contributed by atoms with Crippen LogP contribution in [0.15, 0.2) is 24.4 Å². The number of fused-ring (bicyclic) bond motifs is 1. The molecule has 2 aromatic rings. The normalized spacial score (nSPS) is 10.8. The van der Waals surface area contributed by atoms with Gasteiger partial charge in [-0.05, 0) is 24.6 Å². The van der Waals surface area contributed by atoms with Crippen LogP contribution in [0.25, 0.3) is 10.9 Å². The Morgan fingerprint density at radius 2 is 2.28 bits per heavy atom. The van der Waals surface area contributed by atoms with Crippen molar-refractivity contribution in [3.63, 3.8) is 0 Å². The van der Waals surface area contributed by atoms with E-state index in [1.807, 2.05) is 6.07 Å². The molecule has 3 N–H and O–H groups in total. The molecule has 0 saturated heterocycles. The number of aromatic nitrogens is 1. The molecule has 0 aliphatic heterocycles. The molecule has 0 aliphatic rings. The lowest BCUT2D eigenvalue weighted by Gasteiger charge is -2.21. The Kier molecular flexibility index (Phi) is 3.62. The van der Waals surface area contributed by atoms with E-state index in [9.17, 15) is 4.39 Å². The molecule has 4 nitrogen and oxygen atoms in total. The molecule has 0 aliphatic carbocycles. The summed E-state index contributed by atoms with van der Waals surface area (Å²) in [5, 5.41) is 9.57. The van der Waals surface area contributed by atoms with Gasteiger partial charge in [0, 0.05) is 37.5 Å². The third-order valence-electron chi connectivity index (χ3n) is 2.88. The second-order valence-corrected chi connectivity index (χ2v) is 4.19. The first-order chi connectivity index (χ1) is 8.65. The maximum atomic E-state index is 14.0. The molecule has 96 valence electrons. The molecule has 0 unspecified atom stereocenters. The molecule has 1 aromatic heterocycles. The summed E-state index contributed by atoms with van der Waals surface area (Å²) < 4.78 is 14.0. The lowest BCUT2D eigenvalue weighted by atomic mass is 10.1. The molecule has 1 heterocycles. The first-order valence-corrected chi connectivity index (χ1v) is 5.80. The quantitative estimate of drug-likeness (QED) is 0.811. The fourth-order valence-electron chi connectivity index (χ4n) is 2.01. The summed E-state index contributed by atoms with van der Waals surface area (Å²) in [4.78, 5) is 5.96. The van der Waals surface area contributed by atoms with Crippen LogP contribution in [0, 0.1) is 5.82 Å². The van der Waals surface area contributed by atoms with E-state index in [1.165, 1.54) is 6.07 Å². The smallest absolute Gasteiger partial charge is 0.150 e. The van der Waals surface area contributed by atoms with Gasteiger partial charge in [0.1, 0.15) is 0 Å². The number of nitrogens with zero attached hydrogens (tertiary/aromatic N) is 2. The highest BCUT2D eigenvalue weighted by atomic mass is 19.1. The molecule has 0 amide bonds. The van der Waals surface area contributed by atoms with Gasteiger partial charge in [-0.25, -0.2) is 4.39 Å². The van der Waals surface area contributed by atoms with Crippen molar-refractivity contribution in [3.05, 3.63) is 30.2 Å². The number of anilines is 2. The molecule has 18 heavy (non-hydrogen) atoms. The standard InChI is InChI=1S/C13H16FN3O/c1-17(6-3-7-18)13-10(14)8-11(15)9-4-2-5-16-12(9)13/h2,4-5,8,18H,3,6-7,15H2,1H3. The Balaban J connectivity index is 2.55. The zero-order valence-electron chi connectivity index (χ0n) is 10.2. The summed E-state index contributed by atoms with van der Waals surface area (Å²) in [5.74, 6) is -0.390. The molecule has 2 rings (SSSR count). The van der Waals surface area contributed by atoms with Gasteiger partial charge in [0.05, 0.1) is 11.2 Å². The van der Waals surface area contributed by atoms with Gasteiger partial charge < -0.3 is 15.7 Å². The molecule has 0 spiro atoms. The van der Waals surface area contributed by atoms with Crippen molar-refractivity contribution in [2.45, 2.75) is 6.42 Å². The van der Waals surface area contributed by atoms with E-state index < -0.39 is 0 Å². The summed E-state index contributed by atoms with van der Waals surface area (Å²) in [7, 11) is 1.78. The lowest BCUT2D eigenvalue weighted by Crippen LogP contribution is -2.21. The maximum Gasteiger partial charge on any atom is 0.150 e. The highest BCUT2D eigenvalue weighted by Crippen LogP contribution is 2.31. The number of aliphatic hydroxyl groups excluding tert-OH is 1. The monoisotopic (exact) mass is 249 g/mol. The van der Waals surface area contributed by atoms with Crippen molar-refractivity contribution in [2.75, 3.05) is 30.8 Å². The number of nitrogen functional groups attached to an aromatic ring is 1. The Bertz CT molecular complexity index is 559. The predicted octanol–water partition coefficient (Wildman–Crippen LogP) is 1.77. The Morgan fingerprint density at radius 1 is 1.50 bits per heavy atom. The fraction of sp³-hybridized carbons (Fsp3) is 0.308. The Labute approximate surface area is 105 Å². The molecule has 0 bridgehead atoms. The van der Waals surface area contributed by atoms with Gasteiger partial charge in [-0.2, -0.15) is 0 Å². The van der Waals surface area contributed by atoms with Crippen LogP contribution in [0.2, 0.25) is 0 Å². The highest BCUT2D eigenvalue weighted by molar-refractivity contribution is 5.98. The van der Waals surface area contributed by atoms with Gasteiger partial charge in [-0.15, -0.1) is 0 Å². The van der Waals surface area contributed by atoms with Crippen molar-refractivity contribution >= 4 is 22.3 Å². The zero-order chi connectivity index (χ0) is 13.1. The van der Waals surface area contributed by atoms with E-state index in [1.54, 1.807) is 24.2 Å². The average molecular weight is 249 g/mol. The van der Waals surface area contributed by atoms with Crippen LogP contribution < -0.4 is 10.6 Å². The largest absolute Gasteiger partial charge is 0.398 e. The van der Waals surface area contributed by atoms with Crippen LogP contribution in [-0.2, 0) is 0 Å². The van der Waals surface area contributed by atoms with Crippen LogP contribution in [0.5, 0.6) is 0 Å². The van der Waals surface area contributed by atoms with E-state index in [2.05, 4.69) is 4.98 Å². The van der Waals surface area contributed by atoms with Crippen LogP contribution in [0.3, 0.4) is 0 Å². The summed E-state index contributed by atoms with van der Waals surface area (Å²) in [6.45, 7) is 0.634. The van der Waals surface area contributed by atoms with E-state index >= 15 is 0 Å². The third-order valence-corrected chi connectivity index (χ3v) is 2.88. The number of pyridine rings is 1. The number of nitrogens with two attached hydrogens (primary N) is 1. The van der Waals surface area contributed by atoms with E-state index in [-0.39, 0.29) is 12.4 Å². The number of rotatable bonds is 4. The Morgan fingerprint density at radius 3 is 3.00 bits per heavy atom. The van der Waals surface area contributed by atoms with E-state index in [4.69, 9.17) is 10.8 Å². The topological polar surface area (TPSA) is 62.4 Å². The van der Waals surface area contributed by atoms with Gasteiger partial charge >= 0.3 is 0 Å². The van der Waals surface area contributed by atoms with Gasteiger partial charge in [-0.3, -0.25) is 4.98 Å². The minimum atomic E-state index is -0.390. The SMILES string of the molecule is CN(CCCO)c1c(F)cc(N)c2cccnc12. The molecular weight excluding hydrogens is 233 g/mol. The summed E-state index contributed by atoms with van der Waals surface area (Å²) in [6.07, 6.45) is 2.19. The molecule has 0 atom stereocenters. The second kappa shape index (κ2) is 5.18. The second-order valence-electron chi connectivity index (χ2n) is 4.19. The predicted molar refractivity (Wildman–Crippen MR) is 71.1 cm³/mol. The van der Waals surface area contributed by atoms with Crippen LogP contribution >= 0.6 is 0 Å². The molecule has 0 saturated carbocycles. The summed E-state index contributed by atoms with van der Waals surface area (Å²) >= 11 is 0. The number of aliphatic hydroxyl groups is 1. The minimum Gasteiger partial charge on any atom is -0.398 e. The van der Waals surface area contributed by atoms with Crippen LogP contribution in [0.1, 0.15) is 6.42 Å². The van der Waals surface area contributed by atoms with Gasteiger partial charge in [-0.1, -0.05) is 0 Å². The molecule has 0 radical (unpaired) electrons. The van der Waals surface area contributed by atoms with Gasteiger partial charge in [0.2, 0.25) is 0 Å². The third kappa shape index (κ3) is 2.22. The van der Waals surface area contributed by atoms with E-state index in [0.717, 1.165) is 5.39 Å². The van der Waals surface area contributed by atoms with Crippen LogP contribution in [-0.4, -0.2) is 30.3 Å². The minimum absolute atomic E-state index is 0.0757. The first kappa shape index (κ1) is 12.6. The van der Waals surface area contributed by atoms with Crippen molar-refractivity contribution in [1.82, 2.24) is 4.98 Å².